The van der Waals surface area contributed by atoms with Crippen LogP contribution in [-0.2, 0) is 6.42 Å². The molecule has 2 aromatic carbocycles. The number of hydrogen-bond acceptors (Lipinski definition) is 5. The predicted molar refractivity (Wildman–Crippen MR) is 124 cm³/mol. The average molecular weight is 436 g/mol. The number of likely N-dealkylation sites (N-methyl/N-ethyl adjacent to an activating group) is 1. The summed E-state index contributed by atoms with van der Waals surface area (Å²) < 4.78 is 5.35. The molecule has 3 amide bonds. The second-order valence-electron chi connectivity index (χ2n) is 7.67. The number of benzene rings is 2. The molecule has 0 saturated heterocycles. The predicted octanol–water partition coefficient (Wildman–Crippen LogP) is 4.28. The number of aryl methyl sites for hydroxylation is 1. The van der Waals surface area contributed by atoms with Gasteiger partial charge < -0.3 is 20.1 Å². The van der Waals surface area contributed by atoms with Gasteiger partial charge in [-0.15, -0.1) is 0 Å². The van der Waals surface area contributed by atoms with Gasteiger partial charge in [0, 0.05) is 43.4 Å². The van der Waals surface area contributed by atoms with Gasteiger partial charge in [0.25, 0.3) is 11.8 Å². The van der Waals surface area contributed by atoms with Crippen LogP contribution >= 0.6 is 0 Å². The summed E-state index contributed by atoms with van der Waals surface area (Å²) in [5.41, 5.74) is 3.16. The number of carbonyl (C=O) groups excluding carboxylic acids is 2. The minimum Gasteiger partial charge on any atom is -0.352 e. The summed E-state index contributed by atoms with van der Waals surface area (Å²) in [6.07, 6.45) is 2.45. The van der Waals surface area contributed by atoms with E-state index in [4.69, 9.17) is 4.52 Å². The van der Waals surface area contributed by atoms with E-state index in [9.17, 15) is 9.59 Å². The smallest absolute Gasteiger partial charge is 0.321 e. The minimum absolute atomic E-state index is 0.0943. The van der Waals surface area contributed by atoms with E-state index in [1.165, 1.54) is 0 Å². The van der Waals surface area contributed by atoms with E-state index in [0.717, 1.165) is 29.7 Å². The summed E-state index contributed by atoms with van der Waals surface area (Å²) in [6.45, 7) is 5.16. The van der Waals surface area contributed by atoms with Crippen LogP contribution in [0.5, 0.6) is 0 Å². The van der Waals surface area contributed by atoms with Gasteiger partial charge in [0.15, 0.2) is 5.82 Å². The Kier molecular flexibility index (Phi) is 7.96. The van der Waals surface area contributed by atoms with Gasteiger partial charge in [0.2, 0.25) is 0 Å². The molecular formula is C24H29N5O3. The Hall–Kier alpha value is -3.68. The highest BCUT2D eigenvalue weighted by Gasteiger charge is 2.13. The molecule has 0 saturated carbocycles. The maximum Gasteiger partial charge on any atom is 0.321 e. The van der Waals surface area contributed by atoms with Crippen molar-refractivity contribution in [2.45, 2.75) is 33.1 Å². The molecule has 1 aromatic heterocycles. The molecule has 0 atom stereocenters. The van der Waals surface area contributed by atoms with Crippen LogP contribution in [-0.4, -0.2) is 47.1 Å². The number of hydrogen-bond donors (Lipinski definition) is 2. The first-order chi connectivity index (χ1) is 15.5. The van der Waals surface area contributed by atoms with E-state index in [0.29, 0.717) is 36.8 Å². The molecule has 168 valence electrons. The molecule has 1 heterocycles. The lowest BCUT2D eigenvalue weighted by atomic mass is 10.1. The van der Waals surface area contributed by atoms with E-state index >= 15 is 0 Å². The highest BCUT2D eigenvalue weighted by Crippen LogP contribution is 2.18. The number of nitrogens with one attached hydrogen (secondary N) is 2. The SMILES string of the molecule is CCCCNC(=O)c1ccc(-c2nc(CCN(C)C(=O)Nc3cccc(C)c3)no2)cc1. The van der Waals surface area contributed by atoms with E-state index in [-0.39, 0.29) is 11.9 Å². The van der Waals surface area contributed by atoms with Crippen molar-refractivity contribution in [2.24, 2.45) is 0 Å². The van der Waals surface area contributed by atoms with Crippen LogP contribution < -0.4 is 10.6 Å². The fraction of sp³-hybridized carbons (Fsp3) is 0.333. The third kappa shape index (κ3) is 6.41. The first kappa shape index (κ1) is 23.0. The Morgan fingerprint density at radius 2 is 1.91 bits per heavy atom. The van der Waals surface area contributed by atoms with Crippen molar-refractivity contribution in [3.63, 3.8) is 0 Å². The lowest BCUT2D eigenvalue weighted by molar-refractivity contribution is 0.0953. The fourth-order valence-electron chi connectivity index (χ4n) is 3.03. The maximum absolute atomic E-state index is 12.4. The number of unbranched alkanes of at least 4 members (excludes halogenated alkanes) is 1. The summed E-state index contributed by atoms with van der Waals surface area (Å²) in [7, 11) is 1.72. The normalized spacial score (nSPS) is 10.6. The summed E-state index contributed by atoms with van der Waals surface area (Å²) in [6, 6.07) is 14.5. The van der Waals surface area contributed by atoms with Crippen molar-refractivity contribution in [3.8, 4) is 11.5 Å². The van der Waals surface area contributed by atoms with Crippen LogP contribution in [0.4, 0.5) is 10.5 Å². The van der Waals surface area contributed by atoms with Crippen molar-refractivity contribution < 1.29 is 14.1 Å². The molecular weight excluding hydrogens is 406 g/mol. The summed E-state index contributed by atoms with van der Waals surface area (Å²) in [5.74, 6) is 0.796. The van der Waals surface area contributed by atoms with Crippen LogP contribution in [0.1, 0.15) is 41.5 Å². The van der Waals surface area contributed by atoms with Gasteiger partial charge in [-0.05, 0) is 55.3 Å². The quantitative estimate of drug-likeness (QED) is 0.489. The highest BCUT2D eigenvalue weighted by molar-refractivity contribution is 5.94. The molecule has 0 radical (unpaired) electrons. The molecule has 3 aromatic rings. The largest absolute Gasteiger partial charge is 0.352 e. The number of aromatic nitrogens is 2. The monoisotopic (exact) mass is 435 g/mol. The van der Waals surface area contributed by atoms with Crippen molar-refractivity contribution in [1.82, 2.24) is 20.4 Å². The first-order valence-electron chi connectivity index (χ1n) is 10.8. The molecule has 0 aliphatic heterocycles. The van der Waals surface area contributed by atoms with Gasteiger partial charge in [-0.3, -0.25) is 4.79 Å². The minimum atomic E-state index is -0.202. The summed E-state index contributed by atoms with van der Waals surface area (Å²) >= 11 is 0. The standard InChI is InChI=1S/C24H29N5O3/c1-4-5-14-25-22(30)18-9-11-19(12-10-18)23-27-21(28-32-23)13-15-29(3)24(31)26-20-8-6-7-17(2)16-20/h6-12,16H,4-5,13-15H2,1-3H3,(H,25,30)(H,26,31). The number of carbonyl (C=O) groups is 2. The zero-order valence-corrected chi connectivity index (χ0v) is 18.7. The van der Waals surface area contributed by atoms with Gasteiger partial charge >= 0.3 is 6.03 Å². The van der Waals surface area contributed by atoms with Crippen molar-refractivity contribution in [1.29, 1.82) is 0 Å². The van der Waals surface area contributed by atoms with Crippen molar-refractivity contribution in [2.75, 3.05) is 25.5 Å². The van der Waals surface area contributed by atoms with E-state index < -0.39 is 0 Å². The lowest BCUT2D eigenvalue weighted by Gasteiger charge is -2.17. The molecule has 0 bridgehead atoms. The first-order valence-corrected chi connectivity index (χ1v) is 10.8. The molecule has 32 heavy (non-hydrogen) atoms. The topological polar surface area (TPSA) is 100 Å². The maximum atomic E-state index is 12.4. The van der Waals surface area contributed by atoms with Gasteiger partial charge in [-0.25, -0.2) is 4.79 Å². The number of rotatable bonds is 9. The number of urea groups is 1. The van der Waals surface area contributed by atoms with Crippen molar-refractivity contribution >= 4 is 17.6 Å². The lowest BCUT2D eigenvalue weighted by Crippen LogP contribution is -2.33. The van der Waals surface area contributed by atoms with E-state index in [2.05, 4.69) is 27.7 Å². The molecule has 3 rings (SSSR count). The molecule has 0 aliphatic rings. The van der Waals surface area contributed by atoms with Crippen molar-refractivity contribution in [3.05, 3.63) is 65.5 Å². The van der Waals surface area contributed by atoms with E-state index in [1.807, 2.05) is 31.2 Å². The molecule has 2 N–H and O–H groups in total. The molecule has 8 nitrogen and oxygen atoms in total. The third-order valence-corrected chi connectivity index (χ3v) is 4.96. The Labute approximate surface area is 188 Å². The average Bonchev–Trinajstić information content (AvgIpc) is 3.26. The second-order valence-corrected chi connectivity index (χ2v) is 7.67. The van der Waals surface area contributed by atoms with Crippen LogP contribution in [0.25, 0.3) is 11.5 Å². The van der Waals surface area contributed by atoms with Crippen LogP contribution in [0.15, 0.2) is 53.1 Å². The molecule has 8 heteroatoms. The third-order valence-electron chi connectivity index (χ3n) is 4.96. The highest BCUT2D eigenvalue weighted by atomic mass is 16.5. The molecule has 0 unspecified atom stereocenters. The number of amides is 3. The Morgan fingerprint density at radius 3 is 2.62 bits per heavy atom. The Balaban J connectivity index is 1.52. The molecule has 0 fully saturated rings. The van der Waals surface area contributed by atoms with Crippen LogP contribution in [0, 0.1) is 6.92 Å². The summed E-state index contributed by atoms with van der Waals surface area (Å²) in [4.78, 5) is 30.4. The van der Waals surface area contributed by atoms with Crippen LogP contribution in [0.2, 0.25) is 0 Å². The zero-order chi connectivity index (χ0) is 22.9. The number of nitrogens with zero attached hydrogens (tertiary/aromatic N) is 3. The van der Waals surface area contributed by atoms with Gasteiger partial charge in [0.05, 0.1) is 0 Å². The second kappa shape index (κ2) is 11.1. The summed E-state index contributed by atoms with van der Waals surface area (Å²) in [5, 5.41) is 9.76. The van der Waals surface area contributed by atoms with Crippen LogP contribution in [0.3, 0.4) is 0 Å². The Morgan fingerprint density at radius 1 is 1.12 bits per heavy atom. The van der Waals surface area contributed by atoms with Gasteiger partial charge in [0.1, 0.15) is 0 Å². The number of anilines is 1. The zero-order valence-electron chi connectivity index (χ0n) is 18.7. The molecule has 0 spiro atoms. The molecule has 0 aliphatic carbocycles. The Bertz CT molecular complexity index is 1050. The van der Waals surface area contributed by atoms with Gasteiger partial charge in [-0.1, -0.05) is 30.6 Å². The van der Waals surface area contributed by atoms with Gasteiger partial charge in [-0.2, -0.15) is 4.98 Å². The fourth-order valence-corrected chi connectivity index (χ4v) is 3.03. The van der Waals surface area contributed by atoms with E-state index in [1.54, 1.807) is 36.2 Å².